The number of hydrogen-bond donors (Lipinski definition) is 0. The van der Waals surface area contributed by atoms with Crippen LogP contribution in [0.15, 0.2) is 36.9 Å². The van der Waals surface area contributed by atoms with Gasteiger partial charge in [0.05, 0.1) is 12.0 Å². The summed E-state index contributed by atoms with van der Waals surface area (Å²) in [5.74, 6) is -0.255. The zero-order chi connectivity index (χ0) is 12.9. The van der Waals surface area contributed by atoms with Crippen molar-refractivity contribution in [2.45, 2.75) is 20.3 Å². The highest BCUT2D eigenvalue weighted by Gasteiger charge is 2.31. The van der Waals surface area contributed by atoms with Crippen LogP contribution in [0.5, 0.6) is 0 Å². The minimum Gasteiger partial charge on any atom is -0.465 e. The highest BCUT2D eigenvalue weighted by Crippen LogP contribution is 2.26. The second kappa shape index (κ2) is 5.87. The SMILES string of the molecule is C=CC(C)(Cc1cccc(Cl)c1)C(=O)OCC. The third-order valence-corrected chi connectivity index (χ3v) is 2.89. The van der Waals surface area contributed by atoms with Gasteiger partial charge in [-0.25, -0.2) is 0 Å². The molecule has 0 aromatic heterocycles. The lowest BCUT2D eigenvalue weighted by Gasteiger charge is -2.23. The number of carbonyl (C=O) groups is 1. The molecule has 1 aromatic rings. The highest BCUT2D eigenvalue weighted by molar-refractivity contribution is 6.30. The zero-order valence-corrected chi connectivity index (χ0v) is 11.0. The van der Waals surface area contributed by atoms with Crippen molar-refractivity contribution in [1.29, 1.82) is 0 Å². The van der Waals surface area contributed by atoms with Gasteiger partial charge >= 0.3 is 5.97 Å². The third kappa shape index (κ3) is 3.60. The molecular weight excluding hydrogens is 236 g/mol. The maximum Gasteiger partial charge on any atom is 0.315 e. The zero-order valence-electron chi connectivity index (χ0n) is 10.2. The van der Waals surface area contributed by atoms with Crippen molar-refractivity contribution in [3.05, 3.63) is 47.5 Å². The molecule has 1 atom stereocenters. The topological polar surface area (TPSA) is 26.3 Å². The average molecular weight is 253 g/mol. The number of ether oxygens (including phenoxy) is 1. The van der Waals surface area contributed by atoms with Crippen molar-refractivity contribution < 1.29 is 9.53 Å². The smallest absolute Gasteiger partial charge is 0.315 e. The van der Waals surface area contributed by atoms with E-state index < -0.39 is 5.41 Å². The summed E-state index contributed by atoms with van der Waals surface area (Å²) in [5.41, 5.74) is 0.286. The molecular formula is C14H17ClO2. The van der Waals surface area contributed by atoms with Gasteiger partial charge in [-0.1, -0.05) is 29.8 Å². The molecule has 1 unspecified atom stereocenters. The normalized spacial score (nSPS) is 13.8. The molecule has 0 heterocycles. The van der Waals surface area contributed by atoms with Crippen LogP contribution >= 0.6 is 11.6 Å². The summed E-state index contributed by atoms with van der Waals surface area (Å²) in [5, 5.41) is 0.665. The van der Waals surface area contributed by atoms with Crippen LogP contribution in [0.2, 0.25) is 5.02 Å². The first-order valence-corrected chi connectivity index (χ1v) is 5.95. The van der Waals surface area contributed by atoms with Crippen LogP contribution in [0.3, 0.4) is 0 Å². The molecule has 1 aromatic carbocycles. The third-order valence-electron chi connectivity index (χ3n) is 2.65. The second-order valence-corrected chi connectivity index (χ2v) is 4.59. The first kappa shape index (κ1) is 13.8. The Bertz CT molecular complexity index is 414. The van der Waals surface area contributed by atoms with Crippen molar-refractivity contribution in [3.8, 4) is 0 Å². The Morgan fingerprint density at radius 3 is 2.82 bits per heavy atom. The fourth-order valence-electron chi connectivity index (χ4n) is 1.59. The van der Waals surface area contributed by atoms with Crippen LogP contribution in [-0.4, -0.2) is 12.6 Å². The Labute approximate surface area is 107 Å². The van der Waals surface area contributed by atoms with E-state index in [0.717, 1.165) is 5.56 Å². The van der Waals surface area contributed by atoms with Crippen LogP contribution in [0, 0.1) is 5.41 Å². The lowest BCUT2D eigenvalue weighted by Crippen LogP contribution is -2.30. The van der Waals surface area contributed by atoms with Crippen LogP contribution < -0.4 is 0 Å². The fraction of sp³-hybridized carbons (Fsp3) is 0.357. The van der Waals surface area contributed by atoms with Crippen LogP contribution in [0.1, 0.15) is 19.4 Å². The monoisotopic (exact) mass is 252 g/mol. The highest BCUT2D eigenvalue weighted by atomic mass is 35.5. The number of rotatable bonds is 5. The molecule has 1 rings (SSSR count). The van der Waals surface area contributed by atoms with Crippen molar-refractivity contribution >= 4 is 17.6 Å². The Morgan fingerprint density at radius 2 is 2.29 bits per heavy atom. The summed E-state index contributed by atoms with van der Waals surface area (Å²) in [6.45, 7) is 7.70. The molecule has 0 aliphatic rings. The Morgan fingerprint density at radius 1 is 1.59 bits per heavy atom. The molecule has 0 bridgehead atoms. The van der Waals surface area contributed by atoms with Crippen molar-refractivity contribution in [2.24, 2.45) is 5.41 Å². The van der Waals surface area contributed by atoms with Crippen LogP contribution in [0.25, 0.3) is 0 Å². The van der Waals surface area contributed by atoms with Crippen LogP contribution in [0.4, 0.5) is 0 Å². The molecule has 0 amide bonds. The maximum absolute atomic E-state index is 11.9. The summed E-state index contributed by atoms with van der Waals surface area (Å²) >= 11 is 5.92. The van der Waals surface area contributed by atoms with E-state index >= 15 is 0 Å². The maximum atomic E-state index is 11.9. The van der Waals surface area contributed by atoms with Gasteiger partial charge < -0.3 is 4.74 Å². The van der Waals surface area contributed by atoms with Crippen molar-refractivity contribution in [2.75, 3.05) is 6.61 Å². The lowest BCUT2D eigenvalue weighted by molar-refractivity contribution is -0.151. The second-order valence-electron chi connectivity index (χ2n) is 4.15. The van der Waals surface area contributed by atoms with Gasteiger partial charge in [0.25, 0.3) is 0 Å². The molecule has 0 aliphatic carbocycles. The minimum atomic E-state index is -0.708. The molecule has 3 heteroatoms. The molecule has 17 heavy (non-hydrogen) atoms. The van der Waals surface area contributed by atoms with Gasteiger partial charge in [0.2, 0.25) is 0 Å². The largest absolute Gasteiger partial charge is 0.465 e. The number of carbonyl (C=O) groups excluding carboxylic acids is 1. The molecule has 0 aliphatic heterocycles. The fourth-order valence-corrected chi connectivity index (χ4v) is 1.81. The Balaban J connectivity index is 2.89. The van der Waals surface area contributed by atoms with E-state index in [1.165, 1.54) is 0 Å². The Hall–Kier alpha value is -1.28. The molecule has 0 fully saturated rings. The molecule has 0 N–H and O–H groups in total. The quantitative estimate of drug-likeness (QED) is 0.591. The van der Waals surface area contributed by atoms with Crippen molar-refractivity contribution in [1.82, 2.24) is 0 Å². The minimum absolute atomic E-state index is 0.255. The van der Waals surface area contributed by atoms with Gasteiger partial charge in [-0.15, -0.1) is 6.58 Å². The van der Waals surface area contributed by atoms with Crippen molar-refractivity contribution in [3.63, 3.8) is 0 Å². The van der Waals surface area contributed by atoms with E-state index in [1.54, 1.807) is 19.1 Å². The van der Waals surface area contributed by atoms with Gasteiger partial charge in [-0.3, -0.25) is 4.79 Å². The van der Waals surface area contributed by atoms with Gasteiger partial charge in [-0.2, -0.15) is 0 Å². The summed E-state index contributed by atoms with van der Waals surface area (Å²) in [7, 11) is 0. The van der Waals surface area contributed by atoms with E-state index in [4.69, 9.17) is 16.3 Å². The van der Waals surface area contributed by atoms with Gasteiger partial charge in [0.1, 0.15) is 0 Å². The summed E-state index contributed by atoms with van der Waals surface area (Å²) in [6.07, 6.45) is 2.17. The Kier molecular flexibility index (Phi) is 4.76. The van der Waals surface area contributed by atoms with E-state index in [-0.39, 0.29) is 5.97 Å². The van der Waals surface area contributed by atoms with E-state index in [0.29, 0.717) is 18.1 Å². The molecule has 92 valence electrons. The number of halogens is 1. The van der Waals surface area contributed by atoms with Crippen LogP contribution in [-0.2, 0) is 16.0 Å². The average Bonchev–Trinajstić information content (AvgIpc) is 2.29. The van der Waals surface area contributed by atoms with E-state index in [1.807, 2.05) is 25.1 Å². The standard InChI is InChI=1S/C14H17ClO2/c1-4-14(3,13(16)17-5-2)10-11-7-6-8-12(15)9-11/h4,6-9H,1,5,10H2,2-3H3. The summed E-state index contributed by atoms with van der Waals surface area (Å²) in [4.78, 5) is 11.9. The molecule has 0 saturated heterocycles. The summed E-state index contributed by atoms with van der Waals surface area (Å²) in [6, 6.07) is 7.46. The molecule has 0 saturated carbocycles. The molecule has 2 nitrogen and oxygen atoms in total. The number of esters is 1. The first-order chi connectivity index (χ1) is 8.01. The predicted octanol–water partition coefficient (Wildman–Crippen LogP) is 3.64. The molecule has 0 spiro atoms. The lowest BCUT2D eigenvalue weighted by atomic mass is 9.84. The first-order valence-electron chi connectivity index (χ1n) is 5.57. The summed E-state index contributed by atoms with van der Waals surface area (Å²) < 4.78 is 5.06. The predicted molar refractivity (Wildman–Crippen MR) is 70.1 cm³/mol. The van der Waals surface area contributed by atoms with Gasteiger partial charge in [-0.05, 0) is 38.0 Å². The van der Waals surface area contributed by atoms with E-state index in [9.17, 15) is 4.79 Å². The number of hydrogen-bond acceptors (Lipinski definition) is 2. The number of benzene rings is 1. The van der Waals surface area contributed by atoms with E-state index in [2.05, 4.69) is 6.58 Å². The van der Waals surface area contributed by atoms with Gasteiger partial charge in [0.15, 0.2) is 0 Å². The van der Waals surface area contributed by atoms with Gasteiger partial charge in [0, 0.05) is 5.02 Å². The molecule has 0 radical (unpaired) electrons.